The van der Waals surface area contributed by atoms with Gasteiger partial charge in [0.05, 0.1) is 17.8 Å². The average Bonchev–Trinajstić information content (AvgIpc) is 2.92. The van der Waals surface area contributed by atoms with E-state index in [1.807, 2.05) is 62.5 Å². The van der Waals surface area contributed by atoms with Gasteiger partial charge in [0, 0.05) is 19.4 Å². The van der Waals surface area contributed by atoms with Crippen LogP contribution in [0.5, 0.6) is 0 Å². The Kier molecular flexibility index (Phi) is 4.19. The molecule has 2 aromatic heterocycles. The highest BCUT2D eigenvalue weighted by molar-refractivity contribution is 6.06. The summed E-state index contributed by atoms with van der Waals surface area (Å²) in [5, 5.41) is 4.26. The monoisotopic (exact) mass is 306 g/mol. The van der Waals surface area contributed by atoms with Crippen molar-refractivity contribution in [1.29, 1.82) is 0 Å². The molecule has 5 nitrogen and oxygen atoms in total. The number of aryl methyl sites for hydroxylation is 2. The molecule has 0 aliphatic heterocycles. The van der Waals surface area contributed by atoms with Gasteiger partial charge in [-0.25, -0.2) is 4.98 Å². The van der Waals surface area contributed by atoms with Gasteiger partial charge in [-0.15, -0.1) is 0 Å². The molecule has 3 aromatic rings. The fourth-order valence-corrected chi connectivity index (χ4v) is 2.49. The lowest BCUT2D eigenvalue weighted by atomic mass is 10.1. The van der Waals surface area contributed by atoms with Crippen LogP contribution >= 0.6 is 0 Å². The second-order valence-corrected chi connectivity index (χ2v) is 5.37. The normalized spacial score (nSPS) is 10.5. The Morgan fingerprint density at radius 2 is 1.87 bits per heavy atom. The first kappa shape index (κ1) is 15.0. The molecule has 3 rings (SSSR count). The molecule has 0 N–H and O–H groups in total. The summed E-state index contributed by atoms with van der Waals surface area (Å²) < 4.78 is 1.65. The zero-order valence-corrected chi connectivity index (χ0v) is 13.2. The van der Waals surface area contributed by atoms with Gasteiger partial charge in [-0.1, -0.05) is 36.4 Å². The maximum atomic E-state index is 13.0. The number of nitrogens with zero attached hydrogens (tertiary/aromatic N) is 4. The zero-order chi connectivity index (χ0) is 16.2. The van der Waals surface area contributed by atoms with Gasteiger partial charge in [-0.2, -0.15) is 5.10 Å². The van der Waals surface area contributed by atoms with Gasteiger partial charge >= 0.3 is 0 Å². The third kappa shape index (κ3) is 3.29. The molecule has 0 saturated heterocycles. The summed E-state index contributed by atoms with van der Waals surface area (Å²) in [5.74, 6) is 0.530. The SMILES string of the molecule is Cc1nn(C)cc1C(=O)N(Cc1ccccc1)c1ccccn1. The van der Waals surface area contributed by atoms with Crippen LogP contribution in [0.15, 0.2) is 60.9 Å². The van der Waals surface area contributed by atoms with Crippen molar-refractivity contribution in [3.05, 3.63) is 77.7 Å². The molecular formula is C18H18N4O. The highest BCUT2D eigenvalue weighted by Gasteiger charge is 2.22. The molecule has 0 aliphatic carbocycles. The molecule has 0 radical (unpaired) electrons. The number of carbonyl (C=O) groups excluding carboxylic acids is 1. The van der Waals surface area contributed by atoms with Crippen molar-refractivity contribution >= 4 is 11.7 Å². The lowest BCUT2D eigenvalue weighted by molar-refractivity contribution is 0.0983. The molecule has 1 aromatic carbocycles. The summed E-state index contributed by atoms with van der Waals surface area (Å²) in [5.41, 5.74) is 2.36. The van der Waals surface area contributed by atoms with Crippen molar-refractivity contribution in [2.24, 2.45) is 7.05 Å². The Hall–Kier alpha value is -2.95. The van der Waals surface area contributed by atoms with E-state index in [4.69, 9.17) is 0 Å². The minimum absolute atomic E-state index is 0.0989. The van der Waals surface area contributed by atoms with Crippen LogP contribution in [0.4, 0.5) is 5.82 Å². The van der Waals surface area contributed by atoms with Crippen LogP contribution in [-0.2, 0) is 13.6 Å². The topological polar surface area (TPSA) is 51.0 Å². The number of rotatable bonds is 4. The minimum Gasteiger partial charge on any atom is -0.288 e. The molecule has 0 atom stereocenters. The summed E-state index contributed by atoms with van der Waals surface area (Å²) in [6, 6.07) is 15.4. The van der Waals surface area contributed by atoms with Gasteiger partial charge < -0.3 is 0 Å². The number of amides is 1. The third-order valence-corrected chi connectivity index (χ3v) is 3.60. The quantitative estimate of drug-likeness (QED) is 0.744. The lowest BCUT2D eigenvalue weighted by Gasteiger charge is -2.21. The summed E-state index contributed by atoms with van der Waals surface area (Å²) >= 11 is 0. The molecule has 0 fully saturated rings. The van der Waals surface area contributed by atoms with Gasteiger partial charge in [0.2, 0.25) is 0 Å². The fraction of sp³-hybridized carbons (Fsp3) is 0.167. The number of pyridine rings is 1. The van der Waals surface area contributed by atoms with E-state index >= 15 is 0 Å². The van der Waals surface area contributed by atoms with Crippen LogP contribution in [0.2, 0.25) is 0 Å². The number of benzene rings is 1. The summed E-state index contributed by atoms with van der Waals surface area (Å²) in [4.78, 5) is 19.0. The second kappa shape index (κ2) is 6.44. The molecule has 0 saturated carbocycles. The first-order valence-electron chi connectivity index (χ1n) is 7.42. The molecule has 2 heterocycles. The second-order valence-electron chi connectivity index (χ2n) is 5.37. The van der Waals surface area contributed by atoms with E-state index < -0.39 is 0 Å². The van der Waals surface area contributed by atoms with Gasteiger partial charge in [-0.05, 0) is 24.6 Å². The van der Waals surface area contributed by atoms with Crippen LogP contribution in [-0.4, -0.2) is 20.7 Å². The average molecular weight is 306 g/mol. The van der Waals surface area contributed by atoms with E-state index in [1.165, 1.54) is 0 Å². The molecule has 0 spiro atoms. The van der Waals surface area contributed by atoms with Crippen LogP contribution in [0, 0.1) is 6.92 Å². The summed E-state index contributed by atoms with van der Waals surface area (Å²) in [6.45, 7) is 2.30. The van der Waals surface area contributed by atoms with Crippen LogP contribution in [0.1, 0.15) is 21.6 Å². The van der Waals surface area contributed by atoms with E-state index in [2.05, 4.69) is 10.1 Å². The molecule has 23 heavy (non-hydrogen) atoms. The van der Waals surface area contributed by atoms with Crippen molar-refractivity contribution < 1.29 is 4.79 Å². The van der Waals surface area contributed by atoms with Crippen molar-refractivity contribution in [3.8, 4) is 0 Å². The van der Waals surface area contributed by atoms with Gasteiger partial charge in [0.15, 0.2) is 0 Å². The molecule has 5 heteroatoms. The smallest absolute Gasteiger partial charge is 0.263 e. The molecule has 1 amide bonds. The Labute approximate surface area is 135 Å². The number of carbonyl (C=O) groups is 1. The first-order valence-corrected chi connectivity index (χ1v) is 7.42. The molecular weight excluding hydrogens is 288 g/mol. The van der Waals surface area contributed by atoms with Gasteiger partial charge in [0.1, 0.15) is 5.82 Å². The molecule has 0 bridgehead atoms. The van der Waals surface area contributed by atoms with E-state index in [9.17, 15) is 4.79 Å². The van der Waals surface area contributed by atoms with E-state index in [1.54, 1.807) is 22.0 Å². The number of anilines is 1. The number of aromatic nitrogens is 3. The standard InChI is InChI=1S/C18H18N4O/c1-14-16(13-21(2)20-14)18(23)22(17-10-6-7-11-19-17)12-15-8-4-3-5-9-15/h3-11,13H,12H2,1-2H3. The van der Waals surface area contributed by atoms with Crippen molar-refractivity contribution in [1.82, 2.24) is 14.8 Å². The maximum absolute atomic E-state index is 13.0. The Morgan fingerprint density at radius 1 is 1.13 bits per heavy atom. The van der Waals surface area contributed by atoms with E-state index in [0.29, 0.717) is 23.6 Å². The van der Waals surface area contributed by atoms with E-state index in [-0.39, 0.29) is 5.91 Å². The summed E-state index contributed by atoms with van der Waals surface area (Å²) in [6.07, 6.45) is 3.44. The largest absolute Gasteiger partial charge is 0.288 e. The van der Waals surface area contributed by atoms with Crippen molar-refractivity contribution in [2.45, 2.75) is 13.5 Å². The Bertz CT molecular complexity index is 796. The van der Waals surface area contributed by atoms with Crippen LogP contribution < -0.4 is 4.90 Å². The number of hydrogen-bond donors (Lipinski definition) is 0. The van der Waals surface area contributed by atoms with E-state index in [0.717, 1.165) is 5.56 Å². The highest BCUT2D eigenvalue weighted by atomic mass is 16.2. The predicted octanol–water partition coefficient (Wildman–Crippen LogP) is 2.97. The third-order valence-electron chi connectivity index (χ3n) is 3.60. The zero-order valence-electron chi connectivity index (χ0n) is 13.2. The summed E-state index contributed by atoms with van der Waals surface area (Å²) in [7, 11) is 1.81. The van der Waals surface area contributed by atoms with Crippen molar-refractivity contribution in [2.75, 3.05) is 4.90 Å². The van der Waals surface area contributed by atoms with Crippen LogP contribution in [0.3, 0.4) is 0 Å². The van der Waals surface area contributed by atoms with Gasteiger partial charge in [-0.3, -0.25) is 14.4 Å². The first-order chi connectivity index (χ1) is 11.1. The van der Waals surface area contributed by atoms with Gasteiger partial charge in [0.25, 0.3) is 5.91 Å². The fourth-order valence-electron chi connectivity index (χ4n) is 2.49. The Morgan fingerprint density at radius 3 is 2.48 bits per heavy atom. The lowest BCUT2D eigenvalue weighted by Crippen LogP contribution is -2.31. The maximum Gasteiger partial charge on any atom is 0.263 e. The Balaban J connectivity index is 1.98. The van der Waals surface area contributed by atoms with Crippen LogP contribution in [0.25, 0.3) is 0 Å². The molecule has 116 valence electrons. The highest BCUT2D eigenvalue weighted by Crippen LogP contribution is 2.19. The number of hydrogen-bond acceptors (Lipinski definition) is 3. The predicted molar refractivity (Wildman–Crippen MR) is 89.1 cm³/mol. The molecule has 0 unspecified atom stereocenters. The minimum atomic E-state index is -0.0989. The molecule has 0 aliphatic rings. The van der Waals surface area contributed by atoms with Crippen molar-refractivity contribution in [3.63, 3.8) is 0 Å².